The van der Waals surface area contributed by atoms with E-state index in [9.17, 15) is 4.39 Å². The monoisotopic (exact) mass is 288 g/mol. The smallest absolute Gasteiger partial charge is 0.129 e. The predicted octanol–water partition coefficient (Wildman–Crippen LogP) is 3.94. The van der Waals surface area contributed by atoms with Crippen LogP contribution in [0.1, 0.15) is 11.1 Å². The van der Waals surface area contributed by atoms with Crippen molar-refractivity contribution in [1.82, 2.24) is 4.57 Å². The summed E-state index contributed by atoms with van der Waals surface area (Å²) in [7, 11) is 0. The van der Waals surface area contributed by atoms with Gasteiger partial charge in [-0.2, -0.15) is 0 Å². The molecular weight excluding hydrogens is 275 g/mol. The highest BCUT2D eigenvalue weighted by Gasteiger charge is 2.09. The van der Waals surface area contributed by atoms with Gasteiger partial charge in [0.25, 0.3) is 0 Å². The molecule has 0 aliphatic heterocycles. The van der Waals surface area contributed by atoms with Gasteiger partial charge in [0.15, 0.2) is 0 Å². The number of fused-ring (bicyclic) bond motifs is 1. The lowest BCUT2D eigenvalue weighted by atomic mass is 10.1. The van der Waals surface area contributed by atoms with E-state index in [1.807, 2.05) is 29.0 Å². The van der Waals surface area contributed by atoms with Gasteiger partial charge in [-0.15, -0.1) is 0 Å². The van der Waals surface area contributed by atoms with Gasteiger partial charge < -0.3 is 10.3 Å². The molecule has 2 aromatic carbocycles. The van der Waals surface area contributed by atoms with Gasteiger partial charge in [-0.05, 0) is 41.3 Å². The van der Waals surface area contributed by atoms with Gasteiger partial charge in [0, 0.05) is 28.8 Å². The second kappa shape index (κ2) is 5.27. The van der Waals surface area contributed by atoms with Crippen LogP contribution < -0.4 is 5.73 Å². The Kier molecular flexibility index (Phi) is 3.47. The van der Waals surface area contributed by atoms with Gasteiger partial charge in [0.05, 0.1) is 6.54 Å². The third-order valence-corrected chi connectivity index (χ3v) is 3.82. The fourth-order valence-electron chi connectivity index (χ4n) is 2.37. The standard InChI is InChI=1S/C16H14ClFN2/c17-14-2-1-3-15(18)13(14)10-20-7-6-12-8-11(9-19)4-5-16(12)20/h1-8H,9-10,19H2. The SMILES string of the molecule is NCc1ccc2c(ccn2Cc2c(F)cccc2Cl)c1. The Morgan fingerprint density at radius 2 is 2.00 bits per heavy atom. The fraction of sp³-hybridized carbons (Fsp3) is 0.125. The van der Waals surface area contributed by atoms with Gasteiger partial charge in [0.2, 0.25) is 0 Å². The number of benzene rings is 2. The highest BCUT2D eigenvalue weighted by Crippen LogP contribution is 2.23. The predicted molar refractivity (Wildman–Crippen MR) is 80.3 cm³/mol. The molecule has 3 rings (SSSR count). The van der Waals surface area contributed by atoms with Crippen molar-refractivity contribution in [3.05, 3.63) is 70.6 Å². The van der Waals surface area contributed by atoms with Crippen LogP contribution in [0.4, 0.5) is 4.39 Å². The van der Waals surface area contributed by atoms with E-state index in [1.165, 1.54) is 6.07 Å². The summed E-state index contributed by atoms with van der Waals surface area (Å²) in [6.45, 7) is 0.928. The van der Waals surface area contributed by atoms with E-state index in [1.54, 1.807) is 12.1 Å². The first-order chi connectivity index (χ1) is 9.69. The third kappa shape index (κ3) is 2.30. The number of rotatable bonds is 3. The van der Waals surface area contributed by atoms with Crippen LogP contribution in [0.25, 0.3) is 10.9 Å². The normalized spacial score (nSPS) is 11.2. The quantitative estimate of drug-likeness (QED) is 0.777. The maximum atomic E-state index is 13.8. The molecule has 2 N–H and O–H groups in total. The van der Waals surface area contributed by atoms with Crippen LogP contribution in [0.5, 0.6) is 0 Å². The third-order valence-electron chi connectivity index (χ3n) is 3.46. The van der Waals surface area contributed by atoms with Crippen molar-refractivity contribution >= 4 is 22.5 Å². The van der Waals surface area contributed by atoms with Gasteiger partial charge in [-0.25, -0.2) is 4.39 Å². The zero-order valence-electron chi connectivity index (χ0n) is 10.8. The van der Waals surface area contributed by atoms with Crippen molar-refractivity contribution in [1.29, 1.82) is 0 Å². The Morgan fingerprint density at radius 1 is 1.15 bits per heavy atom. The molecule has 0 saturated heterocycles. The van der Waals surface area contributed by atoms with E-state index < -0.39 is 0 Å². The number of aromatic nitrogens is 1. The molecule has 0 aliphatic rings. The number of hydrogen-bond donors (Lipinski definition) is 1. The van der Waals surface area contributed by atoms with Crippen molar-refractivity contribution in [2.75, 3.05) is 0 Å². The van der Waals surface area contributed by atoms with Crippen LogP contribution in [-0.4, -0.2) is 4.57 Å². The maximum Gasteiger partial charge on any atom is 0.129 e. The lowest BCUT2D eigenvalue weighted by Gasteiger charge is -2.09. The molecule has 4 heteroatoms. The van der Waals surface area contributed by atoms with Crippen LogP contribution in [0.2, 0.25) is 5.02 Å². The Hall–Kier alpha value is -1.84. The molecule has 0 unspecified atom stereocenters. The number of nitrogens with two attached hydrogens (primary N) is 1. The minimum atomic E-state index is -0.280. The van der Waals surface area contributed by atoms with E-state index in [2.05, 4.69) is 6.07 Å². The van der Waals surface area contributed by atoms with E-state index in [0.717, 1.165) is 16.5 Å². The Morgan fingerprint density at radius 3 is 2.75 bits per heavy atom. The summed E-state index contributed by atoms with van der Waals surface area (Å²) < 4.78 is 15.8. The summed E-state index contributed by atoms with van der Waals surface area (Å²) in [5.74, 6) is -0.280. The van der Waals surface area contributed by atoms with E-state index in [4.69, 9.17) is 17.3 Å². The molecule has 20 heavy (non-hydrogen) atoms. The van der Waals surface area contributed by atoms with Crippen molar-refractivity contribution in [3.8, 4) is 0 Å². The fourth-order valence-corrected chi connectivity index (χ4v) is 2.59. The highest BCUT2D eigenvalue weighted by atomic mass is 35.5. The summed E-state index contributed by atoms with van der Waals surface area (Å²) >= 11 is 6.08. The average molecular weight is 289 g/mol. The van der Waals surface area contributed by atoms with Gasteiger partial charge in [-0.1, -0.05) is 23.7 Å². The molecule has 0 radical (unpaired) electrons. The first kappa shape index (κ1) is 13.2. The number of hydrogen-bond acceptors (Lipinski definition) is 1. The van der Waals surface area contributed by atoms with Crippen LogP contribution in [-0.2, 0) is 13.1 Å². The summed E-state index contributed by atoms with van der Waals surface area (Å²) in [6.07, 6.45) is 1.94. The van der Waals surface area contributed by atoms with Gasteiger partial charge in [-0.3, -0.25) is 0 Å². The Labute approximate surface area is 121 Å². The minimum Gasteiger partial charge on any atom is -0.343 e. The van der Waals surface area contributed by atoms with Crippen molar-refractivity contribution in [2.24, 2.45) is 5.73 Å². The molecule has 3 aromatic rings. The summed E-state index contributed by atoms with van der Waals surface area (Å²) in [4.78, 5) is 0. The second-order valence-electron chi connectivity index (χ2n) is 4.74. The molecule has 1 aromatic heterocycles. The van der Waals surface area contributed by atoms with E-state index >= 15 is 0 Å². The molecule has 1 heterocycles. The molecule has 2 nitrogen and oxygen atoms in total. The number of nitrogens with zero attached hydrogens (tertiary/aromatic N) is 1. The first-order valence-electron chi connectivity index (χ1n) is 6.40. The van der Waals surface area contributed by atoms with Crippen LogP contribution >= 0.6 is 11.6 Å². The number of halogens is 2. The van der Waals surface area contributed by atoms with E-state index in [0.29, 0.717) is 23.7 Å². The molecule has 0 saturated carbocycles. The zero-order valence-corrected chi connectivity index (χ0v) is 11.6. The Bertz CT molecular complexity index is 744. The Balaban J connectivity index is 2.03. The molecule has 0 bridgehead atoms. The molecule has 0 fully saturated rings. The summed E-state index contributed by atoms with van der Waals surface area (Å²) in [5.41, 5.74) is 8.27. The van der Waals surface area contributed by atoms with Crippen molar-refractivity contribution in [2.45, 2.75) is 13.1 Å². The molecule has 0 spiro atoms. The second-order valence-corrected chi connectivity index (χ2v) is 5.15. The lowest BCUT2D eigenvalue weighted by Crippen LogP contribution is -2.02. The van der Waals surface area contributed by atoms with Crippen LogP contribution in [0.3, 0.4) is 0 Å². The van der Waals surface area contributed by atoms with Gasteiger partial charge >= 0.3 is 0 Å². The van der Waals surface area contributed by atoms with Gasteiger partial charge in [0.1, 0.15) is 5.82 Å². The lowest BCUT2D eigenvalue weighted by molar-refractivity contribution is 0.602. The highest BCUT2D eigenvalue weighted by molar-refractivity contribution is 6.31. The summed E-state index contributed by atoms with van der Waals surface area (Å²) in [6, 6.07) is 12.8. The van der Waals surface area contributed by atoms with Crippen molar-refractivity contribution < 1.29 is 4.39 Å². The first-order valence-corrected chi connectivity index (χ1v) is 6.77. The topological polar surface area (TPSA) is 30.9 Å². The molecule has 0 amide bonds. The molecule has 102 valence electrons. The molecule has 0 aliphatic carbocycles. The van der Waals surface area contributed by atoms with Crippen LogP contribution in [0.15, 0.2) is 48.7 Å². The minimum absolute atomic E-state index is 0.280. The molecular formula is C16H14ClFN2. The zero-order chi connectivity index (χ0) is 14.1. The average Bonchev–Trinajstić information content (AvgIpc) is 2.85. The van der Waals surface area contributed by atoms with Crippen LogP contribution in [0, 0.1) is 5.82 Å². The molecule has 0 atom stereocenters. The maximum absolute atomic E-state index is 13.8. The van der Waals surface area contributed by atoms with E-state index in [-0.39, 0.29) is 5.82 Å². The summed E-state index contributed by atoms with van der Waals surface area (Å²) in [5, 5.41) is 1.55. The van der Waals surface area contributed by atoms with Crippen molar-refractivity contribution in [3.63, 3.8) is 0 Å². The largest absolute Gasteiger partial charge is 0.343 e.